The molecule has 132 valence electrons. The van der Waals surface area contributed by atoms with Crippen LogP contribution in [0, 0.1) is 0 Å². The third-order valence-corrected chi connectivity index (χ3v) is 4.44. The van der Waals surface area contributed by atoms with Gasteiger partial charge >= 0.3 is 0 Å². The number of thiocarbonyl (C=S) groups is 1. The maximum absolute atomic E-state index is 9.99. The van der Waals surface area contributed by atoms with Crippen LogP contribution in [0.1, 0.15) is 18.9 Å². The Morgan fingerprint density at radius 3 is 2.88 bits per heavy atom. The van der Waals surface area contributed by atoms with E-state index >= 15 is 0 Å². The van der Waals surface area contributed by atoms with E-state index in [4.69, 9.17) is 17.0 Å². The molecule has 1 aliphatic rings. The Balaban J connectivity index is 1.83. The fourth-order valence-electron chi connectivity index (χ4n) is 2.38. The van der Waals surface area contributed by atoms with E-state index in [0.717, 1.165) is 49.6 Å². The van der Waals surface area contributed by atoms with Crippen LogP contribution in [0.25, 0.3) is 0 Å². The summed E-state index contributed by atoms with van der Waals surface area (Å²) in [6.07, 6.45) is 0.674. The molecule has 0 saturated carbocycles. The first-order valence-corrected chi connectivity index (χ1v) is 9.19. The molecule has 0 amide bonds. The standard InChI is InChI=1S/C16H23BrN4O2S/c1-2-14(13-11-12(17)3-4-15(13)22)19-20-16(24)18-5-6-21-7-9-23-10-8-21/h3-4,11,22H,2,5-10H2,1H3,(H2,18,20,24)/b19-14+. The first kappa shape index (κ1) is 19.1. The van der Waals surface area contributed by atoms with E-state index in [1.54, 1.807) is 12.1 Å². The third-order valence-electron chi connectivity index (χ3n) is 3.71. The zero-order valence-corrected chi connectivity index (χ0v) is 16.1. The second kappa shape index (κ2) is 9.93. The van der Waals surface area contributed by atoms with E-state index in [9.17, 15) is 5.11 Å². The summed E-state index contributed by atoms with van der Waals surface area (Å²) in [5.41, 5.74) is 4.29. The fourth-order valence-corrected chi connectivity index (χ4v) is 2.89. The topological polar surface area (TPSA) is 69.1 Å². The average Bonchev–Trinajstić information content (AvgIpc) is 2.59. The minimum absolute atomic E-state index is 0.201. The van der Waals surface area contributed by atoms with Crippen LogP contribution in [0.3, 0.4) is 0 Å². The van der Waals surface area contributed by atoms with Gasteiger partial charge in [0.25, 0.3) is 0 Å². The van der Waals surface area contributed by atoms with Crippen molar-refractivity contribution in [3.05, 3.63) is 28.2 Å². The number of morpholine rings is 1. The number of phenolic OH excluding ortho intramolecular Hbond substituents is 1. The maximum atomic E-state index is 9.99. The van der Waals surface area contributed by atoms with E-state index in [1.165, 1.54) is 0 Å². The molecule has 0 aromatic heterocycles. The lowest BCUT2D eigenvalue weighted by Crippen LogP contribution is -2.43. The van der Waals surface area contributed by atoms with Gasteiger partial charge in [0.2, 0.25) is 0 Å². The summed E-state index contributed by atoms with van der Waals surface area (Å²) in [6, 6.07) is 5.27. The molecule has 1 aromatic carbocycles. The fraction of sp³-hybridized carbons (Fsp3) is 0.500. The predicted octanol–water partition coefficient (Wildman–Crippen LogP) is 2.07. The van der Waals surface area contributed by atoms with Crippen molar-refractivity contribution in [3.63, 3.8) is 0 Å². The minimum atomic E-state index is 0.201. The van der Waals surface area contributed by atoms with Crippen LogP contribution in [0.15, 0.2) is 27.8 Å². The molecule has 8 heteroatoms. The van der Waals surface area contributed by atoms with E-state index in [2.05, 4.69) is 36.7 Å². The molecule has 1 aliphatic heterocycles. The Morgan fingerprint density at radius 1 is 1.42 bits per heavy atom. The molecule has 3 N–H and O–H groups in total. The summed E-state index contributed by atoms with van der Waals surface area (Å²) in [4.78, 5) is 2.33. The second-order valence-corrected chi connectivity index (χ2v) is 6.72. The quantitative estimate of drug-likeness (QED) is 0.376. The number of phenols is 1. The molecule has 2 rings (SSSR count). The molecule has 0 radical (unpaired) electrons. The first-order chi connectivity index (χ1) is 11.6. The van der Waals surface area contributed by atoms with Crippen LogP contribution in [-0.2, 0) is 4.74 Å². The summed E-state index contributed by atoms with van der Waals surface area (Å²) < 4.78 is 6.21. The van der Waals surface area contributed by atoms with E-state index in [1.807, 2.05) is 13.0 Å². The number of aromatic hydroxyl groups is 1. The molecule has 1 aromatic rings. The summed E-state index contributed by atoms with van der Waals surface area (Å²) in [5, 5.41) is 17.9. The molecule has 1 heterocycles. The predicted molar refractivity (Wildman–Crippen MR) is 104 cm³/mol. The highest BCUT2D eigenvalue weighted by molar-refractivity contribution is 9.10. The number of nitrogens with one attached hydrogen (secondary N) is 2. The van der Waals surface area contributed by atoms with E-state index in [0.29, 0.717) is 17.1 Å². The largest absolute Gasteiger partial charge is 0.507 e. The van der Waals surface area contributed by atoms with Crippen LogP contribution < -0.4 is 10.7 Å². The first-order valence-electron chi connectivity index (χ1n) is 7.99. The number of halogens is 1. The van der Waals surface area contributed by atoms with Crippen molar-refractivity contribution in [2.24, 2.45) is 5.10 Å². The second-order valence-electron chi connectivity index (χ2n) is 5.40. The molecule has 0 aliphatic carbocycles. The smallest absolute Gasteiger partial charge is 0.187 e. The van der Waals surface area contributed by atoms with Gasteiger partial charge in [0.1, 0.15) is 5.75 Å². The molecule has 0 bridgehead atoms. The summed E-state index contributed by atoms with van der Waals surface area (Å²) in [6.45, 7) is 7.17. The van der Waals surface area contributed by atoms with Gasteiger partial charge in [-0.2, -0.15) is 5.10 Å². The Hall–Kier alpha value is -1.22. The molecule has 24 heavy (non-hydrogen) atoms. The number of hydrogen-bond acceptors (Lipinski definition) is 5. The van der Waals surface area contributed by atoms with E-state index in [-0.39, 0.29) is 5.75 Å². The minimum Gasteiger partial charge on any atom is -0.507 e. The van der Waals surface area contributed by atoms with Gasteiger partial charge in [-0.15, -0.1) is 0 Å². The lowest BCUT2D eigenvalue weighted by Gasteiger charge is -2.26. The van der Waals surface area contributed by atoms with Crippen LogP contribution in [0.5, 0.6) is 5.75 Å². The number of hydrogen-bond donors (Lipinski definition) is 3. The average molecular weight is 415 g/mol. The van der Waals surface area contributed by atoms with Crippen LogP contribution in [0.2, 0.25) is 0 Å². The number of ether oxygens (including phenoxy) is 1. The van der Waals surface area contributed by atoms with Crippen molar-refractivity contribution in [2.45, 2.75) is 13.3 Å². The van der Waals surface area contributed by atoms with Crippen molar-refractivity contribution in [2.75, 3.05) is 39.4 Å². The number of rotatable bonds is 6. The van der Waals surface area contributed by atoms with Crippen LogP contribution >= 0.6 is 28.1 Å². The lowest BCUT2D eigenvalue weighted by atomic mass is 10.1. The zero-order chi connectivity index (χ0) is 17.4. The molecule has 6 nitrogen and oxygen atoms in total. The Kier molecular flexibility index (Phi) is 7.90. The van der Waals surface area contributed by atoms with Gasteiger partial charge in [-0.25, -0.2) is 0 Å². The zero-order valence-electron chi connectivity index (χ0n) is 13.7. The summed E-state index contributed by atoms with van der Waals surface area (Å²) in [7, 11) is 0. The van der Waals surface area contributed by atoms with E-state index < -0.39 is 0 Å². The third kappa shape index (κ3) is 6.01. The van der Waals surface area contributed by atoms with Crippen molar-refractivity contribution >= 4 is 39.0 Å². The highest BCUT2D eigenvalue weighted by Crippen LogP contribution is 2.23. The lowest BCUT2D eigenvalue weighted by molar-refractivity contribution is 0.0389. The molecule has 1 saturated heterocycles. The maximum Gasteiger partial charge on any atom is 0.187 e. The Morgan fingerprint density at radius 2 is 2.17 bits per heavy atom. The van der Waals surface area contributed by atoms with Crippen molar-refractivity contribution < 1.29 is 9.84 Å². The molecule has 0 spiro atoms. The molecule has 0 unspecified atom stereocenters. The number of benzene rings is 1. The molecule has 1 fully saturated rings. The van der Waals surface area contributed by atoms with Crippen molar-refractivity contribution in [1.82, 2.24) is 15.6 Å². The normalized spacial score (nSPS) is 16.0. The summed E-state index contributed by atoms with van der Waals surface area (Å²) >= 11 is 8.66. The van der Waals surface area contributed by atoms with Crippen LogP contribution in [-0.4, -0.2) is 60.2 Å². The van der Waals surface area contributed by atoms with Gasteiger partial charge in [-0.3, -0.25) is 10.3 Å². The number of nitrogens with zero attached hydrogens (tertiary/aromatic N) is 2. The Labute approximate surface area is 156 Å². The molecule has 0 atom stereocenters. The molecular formula is C16H23BrN4O2S. The highest BCUT2D eigenvalue weighted by Gasteiger charge is 2.10. The number of hydrazone groups is 1. The van der Waals surface area contributed by atoms with Crippen molar-refractivity contribution in [3.8, 4) is 5.75 Å². The SMILES string of the molecule is CC/C(=N\NC(=S)NCCN1CCOCC1)c1cc(Br)ccc1O. The van der Waals surface area contributed by atoms with Gasteiger partial charge in [0, 0.05) is 36.2 Å². The van der Waals surface area contributed by atoms with Gasteiger partial charge in [0.15, 0.2) is 5.11 Å². The highest BCUT2D eigenvalue weighted by atomic mass is 79.9. The van der Waals surface area contributed by atoms with Crippen LogP contribution in [0.4, 0.5) is 0 Å². The Bertz CT molecular complexity index is 591. The van der Waals surface area contributed by atoms with Gasteiger partial charge in [-0.05, 0) is 36.8 Å². The summed E-state index contributed by atoms with van der Waals surface area (Å²) in [5.74, 6) is 0.201. The van der Waals surface area contributed by atoms with Gasteiger partial charge in [0.05, 0.1) is 18.9 Å². The molecular weight excluding hydrogens is 392 g/mol. The van der Waals surface area contributed by atoms with Crippen molar-refractivity contribution in [1.29, 1.82) is 0 Å². The van der Waals surface area contributed by atoms with Gasteiger partial charge < -0.3 is 15.2 Å². The van der Waals surface area contributed by atoms with Gasteiger partial charge in [-0.1, -0.05) is 22.9 Å². The monoisotopic (exact) mass is 414 g/mol.